The average Bonchev–Trinajstić information content (AvgIpc) is 2.79. The molecular weight excluding hydrogens is 456 g/mol. The third-order valence-corrected chi connectivity index (χ3v) is 5.50. The summed E-state index contributed by atoms with van der Waals surface area (Å²) in [5, 5.41) is 25.1. The van der Waals surface area contributed by atoms with E-state index in [9.17, 15) is 24.0 Å². The first kappa shape index (κ1) is 29.6. The van der Waals surface area contributed by atoms with Gasteiger partial charge < -0.3 is 26.2 Å². The third kappa shape index (κ3) is 9.73. The van der Waals surface area contributed by atoms with Crippen molar-refractivity contribution in [1.29, 1.82) is 0 Å². The van der Waals surface area contributed by atoms with E-state index in [-0.39, 0.29) is 5.92 Å². The number of aliphatic carboxylic acids is 2. The topological polar surface area (TPSA) is 165 Å². The van der Waals surface area contributed by atoms with E-state index in [0.717, 1.165) is 25.2 Å². The van der Waals surface area contributed by atoms with Crippen molar-refractivity contribution in [2.45, 2.75) is 65.7 Å². The molecule has 0 aliphatic carbocycles. The molecule has 0 aromatic heterocycles. The van der Waals surface area contributed by atoms with Gasteiger partial charge in [-0.2, -0.15) is 0 Å². The van der Waals surface area contributed by atoms with E-state index in [0.29, 0.717) is 5.56 Å². The lowest BCUT2D eigenvalue weighted by molar-refractivity contribution is -0.147. The van der Waals surface area contributed by atoms with Crippen molar-refractivity contribution in [2.75, 3.05) is 13.1 Å². The Balaban J connectivity index is 2.80. The summed E-state index contributed by atoms with van der Waals surface area (Å²) in [7, 11) is 0. The summed E-state index contributed by atoms with van der Waals surface area (Å²) in [5.41, 5.74) is 1.45. The van der Waals surface area contributed by atoms with Crippen molar-refractivity contribution in [3.63, 3.8) is 0 Å². The van der Waals surface area contributed by atoms with Crippen LogP contribution in [0.15, 0.2) is 24.3 Å². The molecule has 0 unspecified atom stereocenters. The number of nitrogens with one attached hydrogen (secondary N) is 3. The molecule has 11 nitrogen and oxygen atoms in total. The second kappa shape index (κ2) is 14.1. The number of hydrogen-bond acceptors (Lipinski definition) is 6. The monoisotopic (exact) mass is 492 g/mol. The van der Waals surface area contributed by atoms with E-state index in [1.807, 2.05) is 12.1 Å². The predicted octanol–water partition coefficient (Wildman–Crippen LogP) is 0.832. The van der Waals surface area contributed by atoms with Gasteiger partial charge in [0.2, 0.25) is 11.8 Å². The minimum atomic E-state index is -1.63. The van der Waals surface area contributed by atoms with Gasteiger partial charge in [0.15, 0.2) is 0 Å². The molecule has 0 saturated carbocycles. The molecule has 0 radical (unpaired) electrons. The van der Waals surface area contributed by atoms with Crippen molar-refractivity contribution in [1.82, 2.24) is 20.9 Å². The van der Waals surface area contributed by atoms with Gasteiger partial charge in [-0.15, -0.1) is 0 Å². The lowest BCUT2D eigenvalue weighted by atomic mass is 10.0. The number of hydrogen-bond donors (Lipinski definition) is 5. The zero-order valence-electron chi connectivity index (χ0n) is 20.8. The normalized spacial score (nSPS) is 13.6. The van der Waals surface area contributed by atoms with Crippen LogP contribution in [0.1, 0.15) is 57.0 Å². The van der Waals surface area contributed by atoms with Crippen molar-refractivity contribution in [2.24, 2.45) is 5.92 Å². The van der Waals surface area contributed by atoms with E-state index >= 15 is 0 Å². The van der Waals surface area contributed by atoms with E-state index in [1.54, 1.807) is 26.0 Å². The Labute approximate surface area is 205 Å². The van der Waals surface area contributed by atoms with Gasteiger partial charge in [-0.1, -0.05) is 39.8 Å². The summed E-state index contributed by atoms with van der Waals surface area (Å²) >= 11 is 0. The minimum Gasteiger partial charge on any atom is -0.481 e. The van der Waals surface area contributed by atoms with Gasteiger partial charge in [-0.25, -0.2) is 4.79 Å². The molecule has 5 N–H and O–H groups in total. The smallest absolute Gasteiger partial charge is 0.326 e. The van der Waals surface area contributed by atoms with Crippen LogP contribution < -0.4 is 16.0 Å². The van der Waals surface area contributed by atoms with Gasteiger partial charge in [0.25, 0.3) is 5.91 Å². The van der Waals surface area contributed by atoms with Crippen LogP contribution in [-0.4, -0.2) is 76.0 Å². The summed E-state index contributed by atoms with van der Waals surface area (Å²) in [4.78, 5) is 62.0. The van der Waals surface area contributed by atoms with Crippen LogP contribution in [0, 0.1) is 5.92 Å². The second-order valence-corrected chi connectivity index (χ2v) is 8.58. The van der Waals surface area contributed by atoms with Crippen molar-refractivity contribution in [3.05, 3.63) is 35.4 Å². The van der Waals surface area contributed by atoms with E-state index in [1.165, 1.54) is 6.92 Å². The SMILES string of the molecule is CCN(CC)Cc1ccc(C(=O)N[C@H](C(=O)N[C@@H](C)C(=O)N[C@@H](CC(=O)O)C(=O)O)C(C)C)cc1. The molecule has 1 rings (SSSR count). The van der Waals surface area contributed by atoms with Crippen LogP contribution in [0.3, 0.4) is 0 Å². The highest BCUT2D eigenvalue weighted by Gasteiger charge is 2.29. The van der Waals surface area contributed by atoms with Crippen LogP contribution in [0.5, 0.6) is 0 Å². The maximum absolute atomic E-state index is 12.8. The van der Waals surface area contributed by atoms with Gasteiger partial charge in [-0.05, 0) is 43.6 Å². The number of rotatable bonds is 14. The Morgan fingerprint density at radius 2 is 1.43 bits per heavy atom. The molecule has 194 valence electrons. The second-order valence-electron chi connectivity index (χ2n) is 8.58. The van der Waals surface area contributed by atoms with Gasteiger partial charge >= 0.3 is 11.9 Å². The Morgan fingerprint density at radius 1 is 0.857 bits per heavy atom. The number of amides is 3. The molecule has 1 aromatic carbocycles. The van der Waals surface area contributed by atoms with Crippen LogP contribution in [0.2, 0.25) is 0 Å². The van der Waals surface area contributed by atoms with Crippen LogP contribution >= 0.6 is 0 Å². The number of carbonyl (C=O) groups is 5. The van der Waals surface area contributed by atoms with Gasteiger partial charge in [-0.3, -0.25) is 24.1 Å². The van der Waals surface area contributed by atoms with E-state index < -0.39 is 54.2 Å². The van der Waals surface area contributed by atoms with Crippen LogP contribution in [0.4, 0.5) is 0 Å². The first-order valence-corrected chi connectivity index (χ1v) is 11.6. The molecule has 0 saturated heterocycles. The lowest BCUT2D eigenvalue weighted by Gasteiger charge is -2.24. The Hall–Kier alpha value is -3.47. The molecule has 0 fully saturated rings. The zero-order chi connectivity index (χ0) is 26.7. The van der Waals surface area contributed by atoms with E-state index in [2.05, 4.69) is 34.7 Å². The van der Waals surface area contributed by atoms with Gasteiger partial charge in [0.05, 0.1) is 6.42 Å². The highest BCUT2D eigenvalue weighted by molar-refractivity contribution is 5.98. The third-order valence-electron chi connectivity index (χ3n) is 5.50. The predicted molar refractivity (Wildman–Crippen MR) is 129 cm³/mol. The quantitative estimate of drug-likeness (QED) is 0.255. The number of carboxylic acids is 2. The highest BCUT2D eigenvalue weighted by Crippen LogP contribution is 2.10. The standard InChI is InChI=1S/C24H36N4O7/c1-6-28(7-2)13-16-8-10-17(11-9-16)22(32)27-20(14(3)4)23(33)25-15(5)21(31)26-18(24(34)35)12-19(29)30/h8-11,14-15,18,20H,6-7,12-13H2,1-5H3,(H,25,33)(H,26,31)(H,27,32)(H,29,30)(H,34,35)/t15-,18-,20-/m0/s1. The first-order chi connectivity index (χ1) is 16.4. The molecule has 0 aliphatic heterocycles. The summed E-state index contributed by atoms with van der Waals surface area (Å²) in [6, 6.07) is 3.35. The molecule has 0 spiro atoms. The largest absolute Gasteiger partial charge is 0.481 e. The molecule has 0 aliphatic rings. The maximum Gasteiger partial charge on any atom is 0.326 e. The Kier molecular flexibility index (Phi) is 11.9. The Morgan fingerprint density at radius 3 is 1.89 bits per heavy atom. The number of carbonyl (C=O) groups excluding carboxylic acids is 3. The van der Waals surface area contributed by atoms with Crippen LogP contribution in [0.25, 0.3) is 0 Å². The summed E-state index contributed by atoms with van der Waals surface area (Å²) in [6.07, 6.45) is -0.805. The first-order valence-electron chi connectivity index (χ1n) is 11.6. The molecule has 3 atom stereocenters. The van der Waals surface area contributed by atoms with Gasteiger partial charge in [0, 0.05) is 12.1 Å². The van der Waals surface area contributed by atoms with Crippen molar-refractivity contribution in [3.8, 4) is 0 Å². The fourth-order valence-corrected chi connectivity index (χ4v) is 3.27. The molecule has 3 amide bonds. The molecule has 0 bridgehead atoms. The summed E-state index contributed by atoms with van der Waals surface area (Å²) in [6.45, 7) is 11.5. The molecule has 1 aromatic rings. The number of benzene rings is 1. The number of nitrogens with zero attached hydrogens (tertiary/aromatic N) is 1. The maximum atomic E-state index is 12.8. The van der Waals surface area contributed by atoms with E-state index in [4.69, 9.17) is 10.2 Å². The summed E-state index contributed by atoms with van der Waals surface area (Å²) < 4.78 is 0. The molecule has 0 heterocycles. The minimum absolute atomic E-state index is 0.310. The highest BCUT2D eigenvalue weighted by atomic mass is 16.4. The number of carboxylic acid groups (broad SMARTS) is 2. The van der Waals surface area contributed by atoms with Crippen molar-refractivity contribution >= 4 is 29.7 Å². The fourth-order valence-electron chi connectivity index (χ4n) is 3.27. The van der Waals surface area contributed by atoms with Gasteiger partial charge in [0.1, 0.15) is 18.1 Å². The molecule has 11 heteroatoms. The molecular formula is C24H36N4O7. The zero-order valence-corrected chi connectivity index (χ0v) is 20.8. The van der Waals surface area contributed by atoms with Crippen LogP contribution in [-0.2, 0) is 25.7 Å². The average molecular weight is 493 g/mol. The Bertz CT molecular complexity index is 898. The van der Waals surface area contributed by atoms with Crippen molar-refractivity contribution < 1.29 is 34.2 Å². The summed E-state index contributed by atoms with van der Waals surface area (Å²) in [5.74, 6) is -5.13. The lowest BCUT2D eigenvalue weighted by Crippen LogP contribution is -2.56. The molecule has 35 heavy (non-hydrogen) atoms. The fraction of sp³-hybridized carbons (Fsp3) is 0.542.